The number of ether oxygens (including phenoxy) is 1. The average molecular weight is 345 g/mol. The van der Waals surface area contributed by atoms with E-state index in [1.807, 2.05) is 37.3 Å². The highest BCUT2D eigenvalue weighted by Crippen LogP contribution is 2.22. The molecule has 0 radical (unpaired) electrons. The van der Waals surface area contributed by atoms with Gasteiger partial charge in [-0.1, -0.05) is 12.1 Å². The van der Waals surface area contributed by atoms with E-state index in [4.69, 9.17) is 4.74 Å². The third-order valence-corrected chi connectivity index (χ3v) is 3.77. The summed E-state index contributed by atoms with van der Waals surface area (Å²) in [7, 11) is 0. The van der Waals surface area contributed by atoms with Crippen LogP contribution in [0.1, 0.15) is 16.3 Å². The second kappa shape index (κ2) is 6.64. The van der Waals surface area contributed by atoms with Crippen LogP contribution in [0.2, 0.25) is 0 Å². The molecular formula is C19H15N5O2. The van der Waals surface area contributed by atoms with Gasteiger partial charge in [-0.25, -0.2) is 9.97 Å². The lowest BCUT2D eigenvalue weighted by atomic mass is 10.3. The highest BCUT2D eigenvalue weighted by molar-refractivity contribution is 6.03. The van der Waals surface area contributed by atoms with Crippen molar-refractivity contribution in [1.29, 1.82) is 0 Å². The van der Waals surface area contributed by atoms with Crippen molar-refractivity contribution >= 4 is 22.6 Å². The zero-order valence-corrected chi connectivity index (χ0v) is 13.9. The molecule has 0 bridgehead atoms. The second-order valence-electron chi connectivity index (χ2n) is 5.63. The number of hydrogen-bond acceptors (Lipinski definition) is 5. The molecule has 0 atom stereocenters. The molecule has 1 aromatic carbocycles. The van der Waals surface area contributed by atoms with Crippen LogP contribution in [-0.4, -0.2) is 25.8 Å². The molecule has 3 aromatic heterocycles. The molecule has 0 unspecified atom stereocenters. The zero-order chi connectivity index (χ0) is 17.9. The molecule has 0 saturated carbocycles. The number of para-hydroxylation sites is 2. The molecule has 0 aliphatic heterocycles. The molecule has 0 aliphatic carbocycles. The molecule has 0 spiro atoms. The van der Waals surface area contributed by atoms with Crippen molar-refractivity contribution in [2.24, 2.45) is 0 Å². The fraction of sp³-hybridized carbons (Fsp3) is 0.0526. The van der Waals surface area contributed by atoms with E-state index >= 15 is 0 Å². The first-order chi connectivity index (χ1) is 12.7. The number of aromatic amines is 1. The number of carbonyl (C=O) groups excluding carboxylic acids is 1. The summed E-state index contributed by atoms with van der Waals surface area (Å²) >= 11 is 0. The Hall–Kier alpha value is -3.74. The summed E-state index contributed by atoms with van der Waals surface area (Å²) in [6, 6.07) is 14.5. The average Bonchev–Trinajstić information content (AvgIpc) is 3.10. The number of aryl methyl sites for hydroxylation is 1. The number of H-pyrrole nitrogens is 1. The smallest absolute Gasteiger partial charge is 0.291 e. The van der Waals surface area contributed by atoms with E-state index in [0.717, 1.165) is 16.7 Å². The van der Waals surface area contributed by atoms with Crippen molar-refractivity contribution in [2.75, 3.05) is 5.32 Å². The quantitative estimate of drug-likeness (QED) is 0.588. The number of carbonyl (C=O) groups is 1. The van der Waals surface area contributed by atoms with Crippen molar-refractivity contribution in [3.05, 3.63) is 72.4 Å². The molecule has 0 saturated heterocycles. The first-order valence-corrected chi connectivity index (χ1v) is 8.01. The van der Waals surface area contributed by atoms with E-state index in [1.54, 1.807) is 24.4 Å². The van der Waals surface area contributed by atoms with Crippen LogP contribution in [0.5, 0.6) is 11.6 Å². The highest BCUT2D eigenvalue weighted by atomic mass is 16.5. The Balaban J connectivity index is 1.47. The summed E-state index contributed by atoms with van der Waals surface area (Å²) in [5, 5.41) is 2.76. The van der Waals surface area contributed by atoms with Gasteiger partial charge < -0.3 is 15.0 Å². The van der Waals surface area contributed by atoms with Crippen LogP contribution in [0.15, 0.2) is 60.9 Å². The standard InChI is InChI=1S/C19H15N5O2/c1-12-16(7-4-10-20-12)26-17-9-8-13(11-21-17)22-19(25)18-23-14-5-2-3-6-15(14)24-18/h2-11H,1H3,(H,22,25)(H,23,24). The second-order valence-corrected chi connectivity index (χ2v) is 5.63. The Bertz CT molecular complexity index is 1040. The van der Waals surface area contributed by atoms with Gasteiger partial charge in [-0.05, 0) is 37.3 Å². The van der Waals surface area contributed by atoms with Gasteiger partial charge in [0, 0.05) is 12.3 Å². The van der Waals surface area contributed by atoms with Gasteiger partial charge in [-0.15, -0.1) is 0 Å². The number of benzene rings is 1. The minimum atomic E-state index is -0.334. The molecule has 4 aromatic rings. The summed E-state index contributed by atoms with van der Waals surface area (Å²) in [5.74, 6) is 0.971. The van der Waals surface area contributed by atoms with Crippen molar-refractivity contribution in [3.63, 3.8) is 0 Å². The maximum absolute atomic E-state index is 12.3. The van der Waals surface area contributed by atoms with Gasteiger partial charge in [0.15, 0.2) is 11.6 Å². The number of nitrogens with one attached hydrogen (secondary N) is 2. The van der Waals surface area contributed by atoms with Gasteiger partial charge in [0.2, 0.25) is 5.88 Å². The number of hydrogen-bond donors (Lipinski definition) is 2. The van der Waals surface area contributed by atoms with E-state index in [9.17, 15) is 4.79 Å². The maximum atomic E-state index is 12.3. The molecule has 0 fully saturated rings. The van der Waals surface area contributed by atoms with Crippen LogP contribution >= 0.6 is 0 Å². The number of fused-ring (bicyclic) bond motifs is 1. The monoisotopic (exact) mass is 345 g/mol. The van der Waals surface area contributed by atoms with Crippen LogP contribution in [0.25, 0.3) is 11.0 Å². The van der Waals surface area contributed by atoms with Gasteiger partial charge in [-0.2, -0.15) is 0 Å². The van der Waals surface area contributed by atoms with Crippen molar-refractivity contribution < 1.29 is 9.53 Å². The summed E-state index contributed by atoms with van der Waals surface area (Å²) in [6.07, 6.45) is 3.23. The number of pyridine rings is 2. The van der Waals surface area contributed by atoms with E-state index in [2.05, 4.69) is 25.3 Å². The van der Waals surface area contributed by atoms with Gasteiger partial charge >= 0.3 is 0 Å². The Labute approximate surface area is 149 Å². The van der Waals surface area contributed by atoms with E-state index < -0.39 is 0 Å². The Morgan fingerprint density at radius 3 is 2.73 bits per heavy atom. The van der Waals surface area contributed by atoms with Crippen molar-refractivity contribution in [2.45, 2.75) is 6.92 Å². The van der Waals surface area contributed by atoms with Crippen molar-refractivity contribution in [3.8, 4) is 11.6 Å². The van der Waals surface area contributed by atoms with Crippen LogP contribution in [-0.2, 0) is 0 Å². The van der Waals surface area contributed by atoms with Crippen LogP contribution in [0.4, 0.5) is 5.69 Å². The summed E-state index contributed by atoms with van der Waals surface area (Å²) in [5.41, 5.74) is 2.88. The minimum absolute atomic E-state index is 0.248. The number of imidazole rings is 1. The zero-order valence-electron chi connectivity index (χ0n) is 13.9. The lowest BCUT2D eigenvalue weighted by molar-refractivity contribution is 0.101. The molecular weight excluding hydrogens is 330 g/mol. The first kappa shape index (κ1) is 15.8. The Morgan fingerprint density at radius 2 is 1.96 bits per heavy atom. The van der Waals surface area contributed by atoms with Crippen LogP contribution in [0.3, 0.4) is 0 Å². The summed E-state index contributed by atoms with van der Waals surface area (Å²) in [6.45, 7) is 1.86. The SMILES string of the molecule is Cc1ncccc1Oc1ccc(NC(=O)c2nc3ccccc3[nH]2)cn1. The molecule has 26 heavy (non-hydrogen) atoms. The van der Waals surface area contributed by atoms with Gasteiger partial charge in [0.25, 0.3) is 5.91 Å². The largest absolute Gasteiger partial charge is 0.437 e. The molecule has 1 amide bonds. The number of amides is 1. The predicted octanol–water partition coefficient (Wildman–Crippen LogP) is 3.71. The number of nitrogens with zero attached hydrogens (tertiary/aromatic N) is 3. The molecule has 7 heteroatoms. The first-order valence-electron chi connectivity index (χ1n) is 8.01. The van der Waals surface area contributed by atoms with Crippen LogP contribution < -0.4 is 10.1 Å². The number of anilines is 1. The Kier molecular flexibility index (Phi) is 4.03. The maximum Gasteiger partial charge on any atom is 0.291 e. The lowest BCUT2D eigenvalue weighted by Gasteiger charge is -2.07. The van der Waals surface area contributed by atoms with Gasteiger partial charge in [0.1, 0.15) is 0 Å². The molecule has 2 N–H and O–H groups in total. The van der Waals surface area contributed by atoms with E-state index in [-0.39, 0.29) is 11.7 Å². The van der Waals surface area contributed by atoms with E-state index in [1.165, 1.54) is 6.20 Å². The molecule has 3 heterocycles. The summed E-state index contributed by atoms with van der Waals surface area (Å²) in [4.78, 5) is 28.0. The number of aromatic nitrogens is 4. The van der Waals surface area contributed by atoms with Crippen molar-refractivity contribution in [1.82, 2.24) is 19.9 Å². The van der Waals surface area contributed by atoms with Gasteiger partial charge in [-0.3, -0.25) is 9.78 Å². The molecule has 4 rings (SSSR count). The Morgan fingerprint density at radius 1 is 1.08 bits per heavy atom. The third kappa shape index (κ3) is 3.23. The molecule has 7 nitrogen and oxygen atoms in total. The third-order valence-electron chi connectivity index (χ3n) is 3.77. The topological polar surface area (TPSA) is 92.8 Å². The fourth-order valence-electron chi connectivity index (χ4n) is 2.46. The highest BCUT2D eigenvalue weighted by Gasteiger charge is 2.12. The fourth-order valence-corrected chi connectivity index (χ4v) is 2.46. The lowest BCUT2D eigenvalue weighted by Crippen LogP contribution is -2.13. The minimum Gasteiger partial charge on any atom is -0.437 e. The molecule has 128 valence electrons. The number of rotatable bonds is 4. The normalized spacial score (nSPS) is 10.7. The summed E-state index contributed by atoms with van der Waals surface area (Å²) < 4.78 is 5.69. The van der Waals surface area contributed by atoms with Gasteiger partial charge in [0.05, 0.1) is 28.6 Å². The molecule has 0 aliphatic rings. The predicted molar refractivity (Wildman–Crippen MR) is 97.3 cm³/mol. The van der Waals surface area contributed by atoms with E-state index in [0.29, 0.717) is 17.3 Å². The van der Waals surface area contributed by atoms with Crippen LogP contribution in [0, 0.1) is 6.92 Å².